The molecule has 3 rings (SSSR count). The molecule has 1 aromatic rings. The molecule has 3 unspecified atom stereocenters. The van der Waals surface area contributed by atoms with Gasteiger partial charge in [0.1, 0.15) is 11.4 Å². The second-order valence-corrected chi connectivity index (χ2v) is 7.78. The molecule has 0 bridgehead atoms. The topological polar surface area (TPSA) is 65.9 Å². The minimum absolute atomic E-state index is 0. The maximum atomic E-state index is 10.0. The minimum Gasteiger partial charge on any atom is -0.487 e. The van der Waals surface area contributed by atoms with Gasteiger partial charge in [0, 0.05) is 31.0 Å². The highest BCUT2D eigenvalue weighted by Gasteiger charge is 2.34. The van der Waals surface area contributed by atoms with Gasteiger partial charge in [0.25, 0.3) is 0 Å². The van der Waals surface area contributed by atoms with E-state index in [4.69, 9.17) is 9.73 Å². The Bertz CT molecular complexity index is 621. The molecule has 6 heteroatoms. The molecule has 2 aliphatic rings. The number of hydrogen-bond acceptors (Lipinski definition) is 3. The third-order valence-corrected chi connectivity index (χ3v) is 5.13. The Balaban J connectivity index is 0.00000243. The molecule has 1 fully saturated rings. The summed E-state index contributed by atoms with van der Waals surface area (Å²) in [5.74, 6) is 2.05. The van der Waals surface area contributed by atoms with Crippen LogP contribution in [-0.2, 0) is 0 Å². The van der Waals surface area contributed by atoms with Gasteiger partial charge in [-0.25, -0.2) is 0 Å². The summed E-state index contributed by atoms with van der Waals surface area (Å²) < 4.78 is 6.11. The Kier molecular flexibility index (Phi) is 7.58. The number of benzene rings is 1. The average molecular weight is 473 g/mol. The van der Waals surface area contributed by atoms with Crippen molar-refractivity contribution < 1.29 is 9.84 Å². The van der Waals surface area contributed by atoms with Crippen LogP contribution in [-0.4, -0.2) is 35.9 Å². The van der Waals surface area contributed by atoms with Gasteiger partial charge in [0.2, 0.25) is 0 Å². The van der Waals surface area contributed by atoms with Crippen LogP contribution in [0.1, 0.15) is 58.1 Å². The summed E-state index contributed by atoms with van der Waals surface area (Å²) in [6.07, 6.45) is 3.75. The Morgan fingerprint density at radius 2 is 2.08 bits per heavy atom. The van der Waals surface area contributed by atoms with Gasteiger partial charge in [0.15, 0.2) is 5.96 Å². The second-order valence-electron chi connectivity index (χ2n) is 7.78. The second kappa shape index (κ2) is 9.26. The van der Waals surface area contributed by atoms with E-state index in [9.17, 15) is 5.11 Å². The molecule has 146 valence electrons. The summed E-state index contributed by atoms with van der Waals surface area (Å²) in [5, 5.41) is 17.0. The number of para-hydroxylation sites is 1. The smallest absolute Gasteiger partial charge is 0.191 e. The van der Waals surface area contributed by atoms with Crippen molar-refractivity contribution in [2.45, 2.75) is 64.2 Å². The van der Waals surface area contributed by atoms with Crippen molar-refractivity contribution in [3.8, 4) is 5.75 Å². The standard InChI is InChI=1S/C20H31N3O2.HI/c1-4-21-19(22-13-14-8-7-10-17(14)24)23-16-12-20(2,3)25-18-11-6-5-9-15(16)18;/h5-6,9,11,14,16-17,24H,4,7-8,10,12-13H2,1-3H3,(H2,21,22,23);1H. The van der Waals surface area contributed by atoms with E-state index in [2.05, 4.69) is 37.5 Å². The summed E-state index contributed by atoms with van der Waals surface area (Å²) in [4.78, 5) is 4.75. The van der Waals surface area contributed by atoms with Crippen LogP contribution >= 0.6 is 24.0 Å². The highest BCUT2D eigenvalue weighted by atomic mass is 127. The van der Waals surface area contributed by atoms with E-state index in [-0.39, 0.29) is 47.6 Å². The lowest BCUT2D eigenvalue weighted by atomic mass is 9.90. The molecule has 1 heterocycles. The van der Waals surface area contributed by atoms with Crippen molar-refractivity contribution in [3.05, 3.63) is 29.8 Å². The van der Waals surface area contributed by atoms with E-state index in [0.717, 1.165) is 43.9 Å². The van der Waals surface area contributed by atoms with Crippen molar-refractivity contribution >= 4 is 29.9 Å². The monoisotopic (exact) mass is 473 g/mol. The van der Waals surface area contributed by atoms with Crippen molar-refractivity contribution in [2.75, 3.05) is 13.1 Å². The fourth-order valence-corrected chi connectivity index (χ4v) is 3.85. The van der Waals surface area contributed by atoms with E-state index in [1.165, 1.54) is 5.56 Å². The van der Waals surface area contributed by atoms with Crippen LogP contribution in [0.3, 0.4) is 0 Å². The lowest BCUT2D eigenvalue weighted by Crippen LogP contribution is -2.45. The lowest BCUT2D eigenvalue weighted by molar-refractivity contribution is 0.0694. The molecule has 0 amide bonds. The lowest BCUT2D eigenvalue weighted by Gasteiger charge is -2.38. The van der Waals surface area contributed by atoms with Gasteiger partial charge in [-0.15, -0.1) is 24.0 Å². The number of nitrogens with one attached hydrogen (secondary N) is 2. The van der Waals surface area contributed by atoms with Crippen LogP contribution in [0, 0.1) is 5.92 Å². The van der Waals surface area contributed by atoms with E-state index >= 15 is 0 Å². The van der Waals surface area contributed by atoms with Crippen LogP contribution < -0.4 is 15.4 Å². The molecule has 1 saturated carbocycles. The summed E-state index contributed by atoms with van der Waals surface area (Å²) in [6, 6.07) is 8.37. The number of nitrogens with zero attached hydrogens (tertiary/aromatic N) is 1. The number of aliphatic hydroxyl groups is 1. The minimum atomic E-state index is -0.217. The van der Waals surface area contributed by atoms with Gasteiger partial charge < -0.3 is 20.5 Å². The zero-order valence-electron chi connectivity index (χ0n) is 16.0. The normalized spacial score (nSPS) is 27.1. The molecule has 1 aliphatic heterocycles. The number of ether oxygens (including phenoxy) is 1. The number of aliphatic hydroxyl groups excluding tert-OH is 1. The first kappa shape index (κ1) is 21.3. The fraction of sp³-hybridized carbons (Fsp3) is 0.650. The Morgan fingerprint density at radius 1 is 1.31 bits per heavy atom. The molecule has 0 saturated heterocycles. The molecular weight excluding hydrogens is 441 g/mol. The molecule has 1 aromatic carbocycles. The van der Waals surface area contributed by atoms with Crippen LogP contribution in [0.5, 0.6) is 5.75 Å². The average Bonchev–Trinajstić information content (AvgIpc) is 2.97. The number of halogens is 1. The van der Waals surface area contributed by atoms with Crippen LogP contribution in [0.2, 0.25) is 0 Å². The Labute approximate surface area is 174 Å². The number of hydrogen-bond donors (Lipinski definition) is 3. The van der Waals surface area contributed by atoms with Crippen molar-refractivity contribution in [1.29, 1.82) is 0 Å². The summed E-state index contributed by atoms with van der Waals surface area (Å²) >= 11 is 0. The number of rotatable bonds is 4. The third kappa shape index (κ3) is 5.25. The van der Waals surface area contributed by atoms with Gasteiger partial charge in [-0.2, -0.15) is 0 Å². The third-order valence-electron chi connectivity index (χ3n) is 5.13. The van der Waals surface area contributed by atoms with E-state index in [1.54, 1.807) is 0 Å². The molecule has 0 spiro atoms. The number of guanidine groups is 1. The molecule has 26 heavy (non-hydrogen) atoms. The van der Waals surface area contributed by atoms with Crippen LogP contribution in [0.15, 0.2) is 29.3 Å². The van der Waals surface area contributed by atoms with Gasteiger partial charge in [-0.05, 0) is 39.7 Å². The van der Waals surface area contributed by atoms with Gasteiger partial charge in [-0.1, -0.05) is 24.6 Å². The predicted octanol–water partition coefficient (Wildman–Crippen LogP) is 3.62. The van der Waals surface area contributed by atoms with Gasteiger partial charge in [-0.3, -0.25) is 4.99 Å². The fourth-order valence-electron chi connectivity index (χ4n) is 3.85. The quantitative estimate of drug-likeness (QED) is 0.355. The Hall–Kier alpha value is -1.02. The molecule has 3 atom stereocenters. The Morgan fingerprint density at radius 3 is 2.77 bits per heavy atom. The number of aliphatic imine (C=N–C) groups is 1. The largest absolute Gasteiger partial charge is 0.487 e. The SMILES string of the molecule is CCNC(=NCC1CCCC1O)NC1CC(C)(C)Oc2ccccc21.I. The molecule has 3 N–H and O–H groups in total. The van der Waals surface area contributed by atoms with E-state index in [0.29, 0.717) is 6.54 Å². The first-order chi connectivity index (χ1) is 12.0. The highest BCUT2D eigenvalue weighted by Crippen LogP contribution is 2.39. The van der Waals surface area contributed by atoms with Crippen molar-refractivity contribution in [1.82, 2.24) is 10.6 Å². The molecular formula is C20H32IN3O2. The van der Waals surface area contributed by atoms with E-state index in [1.807, 2.05) is 18.2 Å². The summed E-state index contributed by atoms with van der Waals surface area (Å²) in [5.41, 5.74) is 0.957. The van der Waals surface area contributed by atoms with E-state index < -0.39 is 0 Å². The van der Waals surface area contributed by atoms with Crippen LogP contribution in [0.4, 0.5) is 0 Å². The summed E-state index contributed by atoms with van der Waals surface area (Å²) in [6.45, 7) is 7.80. The highest BCUT2D eigenvalue weighted by molar-refractivity contribution is 14.0. The molecule has 0 radical (unpaired) electrons. The molecule has 5 nitrogen and oxygen atoms in total. The predicted molar refractivity (Wildman–Crippen MR) is 116 cm³/mol. The van der Waals surface area contributed by atoms with Crippen molar-refractivity contribution in [3.63, 3.8) is 0 Å². The molecule has 0 aromatic heterocycles. The first-order valence-electron chi connectivity index (χ1n) is 9.49. The molecule has 1 aliphatic carbocycles. The number of fused-ring (bicyclic) bond motifs is 1. The van der Waals surface area contributed by atoms with Gasteiger partial charge in [0.05, 0.1) is 12.1 Å². The van der Waals surface area contributed by atoms with Crippen LogP contribution in [0.25, 0.3) is 0 Å². The maximum Gasteiger partial charge on any atom is 0.191 e. The van der Waals surface area contributed by atoms with Crippen molar-refractivity contribution in [2.24, 2.45) is 10.9 Å². The zero-order valence-corrected chi connectivity index (χ0v) is 18.3. The zero-order chi connectivity index (χ0) is 17.9. The maximum absolute atomic E-state index is 10.0. The van der Waals surface area contributed by atoms with Gasteiger partial charge >= 0.3 is 0 Å². The summed E-state index contributed by atoms with van der Waals surface area (Å²) in [7, 11) is 0. The first-order valence-corrected chi connectivity index (χ1v) is 9.49.